The van der Waals surface area contributed by atoms with Crippen molar-refractivity contribution in [2.24, 2.45) is 0 Å². The Morgan fingerprint density at radius 1 is 1.32 bits per heavy atom. The minimum absolute atomic E-state index is 0.435. The first kappa shape index (κ1) is 13.0. The largest absolute Gasteiger partial charge is 0.309 e. The molecule has 0 unspecified atom stereocenters. The molecule has 1 nitrogen and oxygen atoms in total. The fourth-order valence-corrected chi connectivity index (χ4v) is 3.60. The van der Waals surface area contributed by atoms with E-state index in [-0.39, 0.29) is 0 Å². The highest BCUT2D eigenvalue weighted by molar-refractivity contribution is 7.19. The highest BCUT2D eigenvalue weighted by Crippen LogP contribution is 2.35. The van der Waals surface area contributed by atoms with Crippen molar-refractivity contribution in [2.75, 3.05) is 0 Å². The molecule has 2 aromatic rings. The Hall–Kier alpha value is -1.00. The van der Waals surface area contributed by atoms with Crippen molar-refractivity contribution in [1.29, 1.82) is 0 Å². The molecule has 1 aromatic heterocycles. The number of fused-ring (bicyclic) bond motifs is 1. The molecule has 0 saturated heterocycles. The molecule has 1 saturated carbocycles. The summed E-state index contributed by atoms with van der Waals surface area (Å²) < 4.78 is 27.8. The summed E-state index contributed by atoms with van der Waals surface area (Å²) in [5.74, 6) is -0.920. The van der Waals surface area contributed by atoms with Gasteiger partial charge in [-0.2, -0.15) is 0 Å². The molecule has 0 bridgehead atoms. The lowest BCUT2D eigenvalue weighted by atomic mass is 10.1. The zero-order valence-corrected chi connectivity index (χ0v) is 11.7. The third-order valence-corrected chi connectivity index (χ3v) is 4.78. The SMILES string of the molecule is CCCc1c(CNC2CC2)sc2c(F)cc(F)cc12. The quantitative estimate of drug-likeness (QED) is 0.857. The third kappa shape index (κ3) is 2.65. The summed E-state index contributed by atoms with van der Waals surface area (Å²) in [7, 11) is 0. The average Bonchev–Trinajstić information content (AvgIpc) is 3.13. The van der Waals surface area contributed by atoms with Crippen LogP contribution in [0.2, 0.25) is 0 Å². The van der Waals surface area contributed by atoms with Crippen molar-refractivity contribution in [3.63, 3.8) is 0 Å². The van der Waals surface area contributed by atoms with Crippen LogP contribution in [-0.2, 0) is 13.0 Å². The van der Waals surface area contributed by atoms with E-state index in [2.05, 4.69) is 12.2 Å². The summed E-state index contributed by atoms with van der Waals surface area (Å²) in [6, 6.07) is 3.08. The van der Waals surface area contributed by atoms with Gasteiger partial charge in [0.25, 0.3) is 0 Å². The molecule has 1 fully saturated rings. The molecule has 0 aliphatic heterocycles. The van der Waals surface area contributed by atoms with E-state index in [0.29, 0.717) is 10.7 Å². The van der Waals surface area contributed by atoms with Crippen molar-refractivity contribution in [1.82, 2.24) is 5.32 Å². The van der Waals surface area contributed by atoms with E-state index in [9.17, 15) is 8.78 Å². The maximum Gasteiger partial charge on any atom is 0.143 e. The minimum Gasteiger partial charge on any atom is -0.309 e. The van der Waals surface area contributed by atoms with E-state index in [4.69, 9.17) is 0 Å². The predicted molar refractivity (Wildman–Crippen MR) is 75.6 cm³/mol. The van der Waals surface area contributed by atoms with Crippen LogP contribution in [0.1, 0.15) is 36.6 Å². The predicted octanol–water partition coefficient (Wildman–Crippen LogP) is 4.38. The number of hydrogen-bond acceptors (Lipinski definition) is 2. The Labute approximate surface area is 115 Å². The Kier molecular flexibility index (Phi) is 3.54. The fraction of sp³-hybridized carbons (Fsp3) is 0.467. The molecule has 0 radical (unpaired) electrons. The van der Waals surface area contributed by atoms with Gasteiger partial charge in [-0.05, 0) is 30.9 Å². The second-order valence-corrected chi connectivity index (χ2v) is 6.28. The first-order valence-electron chi connectivity index (χ1n) is 6.81. The van der Waals surface area contributed by atoms with E-state index in [1.165, 1.54) is 30.2 Å². The van der Waals surface area contributed by atoms with Gasteiger partial charge < -0.3 is 5.32 Å². The molecule has 19 heavy (non-hydrogen) atoms. The van der Waals surface area contributed by atoms with Crippen molar-refractivity contribution in [3.8, 4) is 0 Å². The van der Waals surface area contributed by atoms with Gasteiger partial charge in [-0.15, -0.1) is 11.3 Å². The first-order chi connectivity index (χ1) is 9.19. The van der Waals surface area contributed by atoms with Gasteiger partial charge in [0, 0.05) is 28.9 Å². The van der Waals surface area contributed by atoms with Gasteiger partial charge >= 0.3 is 0 Å². The van der Waals surface area contributed by atoms with E-state index in [1.54, 1.807) is 0 Å². The third-order valence-electron chi connectivity index (χ3n) is 3.52. The molecule has 4 heteroatoms. The van der Waals surface area contributed by atoms with Gasteiger partial charge in [0.15, 0.2) is 0 Å². The standard InChI is InChI=1S/C15H17F2NS/c1-2-3-11-12-6-9(16)7-13(17)15(12)19-14(11)8-18-10-4-5-10/h6-7,10,18H,2-5,8H2,1H3. The molecule has 1 heterocycles. The second kappa shape index (κ2) is 5.17. The lowest BCUT2D eigenvalue weighted by molar-refractivity contribution is 0.593. The van der Waals surface area contributed by atoms with Gasteiger partial charge in [-0.1, -0.05) is 13.3 Å². The summed E-state index contributed by atoms with van der Waals surface area (Å²) in [6.07, 6.45) is 4.33. The van der Waals surface area contributed by atoms with Gasteiger partial charge in [0.05, 0.1) is 4.70 Å². The zero-order chi connectivity index (χ0) is 13.4. The molecule has 3 rings (SSSR count). The molecule has 102 valence electrons. The zero-order valence-electron chi connectivity index (χ0n) is 10.9. The highest BCUT2D eigenvalue weighted by Gasteiger charge is 2.22. The fourth-order valence-electron chi connectivity index (χ4n) is 2.41. The van der Waals surface area contributed by atoms with E-state index in [1.807, 2.05) is 0 Å². The number of halogens is 2. The van der Waals surface area contributed by atoms with E-state index < -0.39 is 11.6 Å². The van der Waals surface area contributed by atoms with Crippen molar-refractivity contribution >= 4 is 21.4 Å². The summed E-state index contributed by atoms with van der Waals surface area (Å²) >= 11 is 1.46. The van der Waals surface area contributed by atoms with Crippen molar-refractivity contribution in [3.05, 3.63) is 34.2 Å². The minimum atomic E-state index is -0.484. The van der Waals surface area contributed by atoms with E-state index >= 15 is 0 Å². The lowest BCUT2D eigenvalue weighted by Crippen LogP contribution is -2.15. The average molecular weight is 281 g/mol. The molecular weight excluding hydrogens is 264 g/mol. The molecule has 0 amide bonds. The summed E-state index contributed by atoms with van der Waals surface area (Å²) in [5, 5.41) is 4.22. The molecule has 1 aromatic carbocycles. The molecule has 1 aliphatic carbocycles. The number of rotatable bonds is 5. The maximum absolute atomic E-state index is 13.8. The van der Waals surface area contributed by atoms with Crippen molar-refractivity contribution in [2.45, 2.75) is 45.2 Å². The normalized spacial score (nSPS) is 15.3. The second-order valence-electron chi connectivity index (χ2n) is 5.17. The molecule has 0 atom stereocenters. The monoisotopic (exact) mass is 281 g/mol. The molecular formula is C15H17F2NS. The Morgan fingerprint density at radius 3 is 2.79 bits per heavy atom. The van der Waals surface area contributed by atoms with Crippen LogP contribution in [0.15, 0.2) is 12.1 Å². The maximum atomic E-state index is 13.8. The van der Waals surface area contributed by atoms with Crippen LogP contribution >= 0.6 is 11.3 Å². The molecule has 0 spiro atoms. The Bertz CT molecular complexity index is 602. The molecule has 1 aliphatic rings. The van der Waals surface area contributed by atoms with Gasteiger partial charge in [-0.25, -0.2) is 8.78 Å². The summed E-state index contributed by atoms with van der Waals surface area (Å²) in [4.78, 5) is 1.16. The number of nitrogens with one attached hydrogen (secondary N) is 1. The van der Waals surface area contributed by atoms with Crippen LogP contribution in [-0.4, -0.2) is 6.04 Å². The first-order valence-corrected chi connectivity index (χ1v) is 7.63. The van der Waals surface area contributed by atoms with Crippen LogP contribution in [0, 0.1) is 11.6 Å². The van der Waals surface area contributed by atoms with Gasteiger partial charge in [0.2, 0.25) is 0 Å². The number of benzene rings is 1. The van der Waals surface area contributed by atoms with Crippen molar-refractivity contribution < 1.29 is 8.78 Å². The number of aryl methyl sites for hydroxylation is 1. The van der Waals surface area contributed by atoms with Gasteiger partial charge in [-0.3, -0.25) is 0 Å². The van der Waals surface area contributed by atoms with Crippen LogP contribution in [0.5, 0.6) is 0 Å². The van der Waals surface area contributed by atoms with Crippen LogP contribution < -0.4 is 5.32 Å². The van der Waals surface area contributed by atoms with Crippen LogP contribution in [0.25, 0.3) is 10.1 Å². The lowest BCUT2D eigenvalue weighted by Gasteiger charge is -2.04. The Morgan fingerprint density at radius 2 is 2.11 bits per heavy atom. The van der Waals surface area contributed by atoms with E-state index in [0.717, 1.165) is 41.3 Å². The van der Waals surface area contributed by atoms with Gasteiger partial charge in [0.1, 0.15) is 11.6 Å². The summed E-state index contributed by atoms with van der Waals surface area (Å²) in [5.41, 5.74) is 1.12. The summed E-state index contributed by atoms with van der Waals surface area (Å²) in [6.45, 7) is 2.87. The topological polar surface area (TPSA) is 12.0 Å². The highest BCUT2D eigenvalue weighted by atomic mass is 32.1. The molecule has 1 N–H and O–H groups in total. The number of thiophene rings is 1. The Balaban J connectivity index is 2.03. The van der Waals surface area contributed by atoms with Crippen LogP contribution in [0.3, 0.4) is 0 Å². The smallest absolute Gasteiger partial charge is 0.143 e. The van der Waals surface area contributed by atoms with Crippen LogP contribution in [0.4, 0.5) is 8.78 Å². The number of hydrogen-bond donors (Lipinski definition) is 1.